The number of esters is 1. The molecular weight excluding hydrogens is 460 g/mol. The van der Waals surface area contributed by atoms with E-state index in [1.807, 2.05) is 22.8 Å². The number of nitrogens with zero attached hydrogens (tertiary/aromatic N) is 6. The van der Waals surface area contributed by atoms with E-state index in [-0.39, 0.29) is 23.7 Å². The molecular formula is C26H26N6O4. The average Bonchev–Trinajstić information content (AvgIpc) is 3.55. The molecule has 0 atom stereocenters. The van der Waals surface area contributed by atoms with Gasteiger partial charge in [0.2, 0.25) is 0 Å². The largest absolute Gasteiger partial charge is 0.469 e. The standard InChI is InChI=1S/C26H26N6O4/c1-36-26(35)16-9-11-30(12-10-16)24(33)17-5-8-20-18(13-17)14-31(25(20)34)22-4-2-3-21(28-22)23-29-27-15-32(23)19-6-7-19/h2-5,8,13,15-16,19H,6-7,9-12,14H2,1H3. The van der Waals surface area contributed by atoms with Gasteiger partial charge >= 0.3 is 5.97 Å². The van der Waals surface area contributed by atoms with Gasteiger partial charge in [-0.1, -0.05) is 6.07 Å². The number of benzene rings is 1. The number of carbonyl (C=O) groups is 3. The molecule has 4 heterocycles. The number of ether oxygens (including phenoxy) is 1. The summed E-state index contributed by atoms with van der Waals surface area (Å²) < 4.78 is 6.87. The molecule has 2 aromatic heterocycles. The van der Waals surface area contributed by atoms with E-state index in [2.05, 4.69) is 10.2 Å². The summed E-state index contributed by atoms with van der Waals surface area (Å²) in [6.07, 6.45) is 5.12. The van der Waals surface area contributed by atoms with Crippen molar-refractivity contribution in [3.8, 4) is 11.5 Å². The number of piperidine rings is 1. The van der Waals surface area contributed by atoms with Gasteiger partial charge in [-0.3, -0.25) is 19.3 Å². The summed E-state index contributed by atoms with van der Waals surface area (Å²) >= 11 is 0. The second-order valence-corrected chi connectivity index (χ2v) is 9.53. The van der Waals surface area contributed by atoms with E-state index in [1.165, 1.54) is 7.11 Å². The summed E-state index contributed by atoms with van der Waals surface area (Å²) in [4.78, 5) is 46.2. The average molecular weight is 487 g/mol. The molecule has 0 radical (unpaired) electrons. The number of likely N-dealkylation sites (tertiary alicyclic amines) is 1. The summed E-state index contributed by atoms with van der Waals surface area (Å²) in [6.45, 7) is 1.34. The minimum Gasteiger partial charge on any atom is -0.469 e. The quantitative estimate of drug-likeness (QED) is 0.510. The van der Waals surface area contributed by atoms with Crippen molar-refractivity contribution in [3.63, 3.8) is 0 Å². The molecule has 1 aromatic carbocycles. The number of hydrogen-bond donors (Lipinski definition) is 0. The van der Waals surface area contributed by atoms with Crippen LogP contribution in [0, 0.1) is 5.92 Å². The Kier molecular flexibility index (Phi) is 5.50. The van der Waals surface area contributed by atoms with Crippen LogP contribution in [0.2, 0.25) is 0 Å². The number of rotatable bonds is 5. The van der Waals surface area contributed by atoms with Gasteiger partial charge in [0.05, 0.1) is 19.6 Å². The Bertz CT molecular complexity index is 1360. The highest BCUT2D eigenvalue weighted by molar-refractivity contribution is 6.10. The lowest BCUT2D eigenvalue weighted by atomic mass is 9.96. The molecule has 1 aliphatic carbocycles. The van der Waals surface area contributed by atoms with Crippen LogP contribution >= 0.6 is 0 Å². The minimum atomic E-state index is -0.219. The third-order valence-electron chi connectivity index (χ3n) is 7.23. The van der Waals surface area contributed by atoms with E-state index in [4.69, 9.17) is 9.72 Å². The fourth-order valence-corrected chi connectivity index (χ4v) is 5.05. The number of hydrogen-bond acceptors (Lipinski definition) is 7. The highest BCUT2D eigenvalue weighted by atomic mass is 16.5. The predicted molar refractivity (Wildman–Crippen MR) is 129 cm³/mol. The minimum absolute atomic E-state index is 0.0912. The molecule has 1 saturated heterocycles. The lowest BCUT2D eigenvalue weighted by Gasteiger charge is -2.30. The van der Waals surface area contributed by atoms with Crippen LogP contribution in [0.4, 0.5) is 5.82 Å². The van der Waals surface area contributed by atoms with E-state index >= 15 is 0 Å². The molecule has 2 amide bonds. The van der Waals surface area contributed by atoms with Crippen LogP contribution in [0.15, 0.2) is 42.7 Å². The molecule has 2 aliphatic heterocycles. The van der Waals surface area contributed by atoms with E-state index in [9.17, 15) is 14.4 Å². The number of methoxy groups -OCH3 is 1. The molecule has 3 aromatic rings. The predicted octanol–water partition coefficient (Wildman–Crippen LogP) is 2.86. The van der Waals surface area contributed by atoms with E-state index in [1.54, 1.807) is 34.3 Å². The Morgan fingerprint density at radius 3 is 2.61 bits per heavy atom. The maximum atomic E-state index is 13.2. The number of carbonyl (C=O) groups excluding carboxylic acids is 3. The number of amides is 2. The fourth-order valence-electron chi connectivity index (χ4n) is 5.05. The lowest BCUT2D eigenvalue weighted by Crippen LogP contribution is -2.40. The Hall–Kier alpha value is -4.08. The molecule has 10 heteroatoms. The van der Waals surface area contributed by atoms with Gasteiger partial charge in [-0.05, 0) is 61.6 Å². The van der Waals surface area contributed by atoms with Crippen molar-refractivity contribution in [2.24, 2.45) is 5.92 Å². The fraction of sp³-hybridized carbons (Fsp3) is 0.385. The number of pyridine rings is 1. The van der Waals surface area contributed by atoms with Crippen molar-refractivity contribution in [2.75, 3.05) is 25.1 Å². The highest BCUT2D eigenvalue weighted by Gasteiger charge is 2.33. The van der Waals surface area contributed by atoms with Crippen molar-refractivity contribution >= 4 is 23.6 Å². The van der Waals surface area contributed by atoms with Crippen molar-refractivity contribution in [3.05, 3.63) is 59.4 Å². The zero-order valence-electron chi connectivity index (χ0n) is 20.0. The van der Waals surface area contributed by atoms with Crippen LogP contribution in [-0.2, 0) is 16.1 Å². The Balaban J connectivity index is 1.19. The topological polar surface area (TPSA) is 111 Å². The van der Waals surface area contributed by atoms with E-state index in [0.717, 1.165) is 18.4 Å². The monoisotopic (exact) mass is 486 g/mol. The van der Waals surface area contributed by atoms with Crippen LogP contribution in [0.3, 0.4) is 0 Å². The maximum absolute atomic E-state index is 13.2. The van der Waals surface area contributed by atoms with Crippen molar-refractivity contribution in [1.82, 2.24) is 24.6 Å². The second kappa shape index (κ2) is 8.85. The molecule has 6 rings (SSSR count). The van der Waals surface area contributed by atoms with Gasteiger partial charge in [0.25, 0.3) is 11.8 Å². The van der Waals surface area contributed by atoms with Crippen LogP contribution in [0.5, 0.6) is 0 Å². The molecule has 1 saturated carbocycles. The third-order valence-corrected chi connectivity index (χ3v) is 7.23. The van der Waals surface area contributed by atoms with Crippen LogP contribution in [-0.4, -0.2) is 62.6 Å². The normalized spacial score (nSPS) is 17.9. The van der Waals surface area contributed by atoms with Crippen LogP contribution < -0.4 is 4.90 Å². The molecule has 0 N–H and O–H groups in total. The smallest absolute Gasteiger partial charge is 0.308 e. The molecule has 0 spiro atoms. The summed E-state index contributed by atoms with van der Waals surface area (Å²) in [6, 6.07) is 11.2. The maximum Gasteiger partial charge on any atom is 0.308 e. The van der Waals surface area contributed by atoms with E-state index in [0.29, 0.717) is 67.0 Å². The van der Waals surface area contributed by atoms with Crippen LogP contribution in [0.25, 0.3) is 11.5 Å². The van der Waals surface area contributed by atoms with Gasteiger partial charge < -0.3 is 14.2 Å². The summed E-state index contributed by atoms with van der Waals surface area (Å²) in [5, 5.41) is 8.30. The van der Waals surface area contributed by atoms with Gasteiger partial charge in [0.15, 0.2) is 5.82 Å². The Morgan fingerprint density at radius 1 is 1.06 bits per heavy atom. The van der Waals surface area contributed by atoms with Gasteiger partial charge in [0.1, 0.15) is 17.8 Å². The van der Waals surface area contributed by atoms with Gasteiger partial charge in [0, 0.05) is 30.3 Å². The zero-order chi connectivity index (χ0) is 24.8. The molecule has 2 fully saturated rings. The summed E-state index contributed by atoms with van der Waals surface area (Å²) in [7, 11) is 1.39. The first-order valence-corrected chi connectivity index (χ1v) is 12.2. The van der Waals surface area contributed by atoms with E-state index < -0.39 is 0 Å². The number of anilines is 1. The molecule has 0 unspecified atom stereocenters. The molecule has 0 bridgehead atoms. The lowest BCUT2D eigenvalue weighted by molar-refractivity contribution is -0.146. The first-order chi connectivity index (χ1) is 17.5. The number of fused-ring (bicyclic) bond motifs is 1. The SMILES string of the molecule is COC(=O)C1CCN(C(=O)c2ccc3c(c2)CN(c2cccc(-c4nncn4C4CC4)n2)C3=O)CC1. The second-order valence-electron chi connectivity index (χ2n) is 9.53. The van der Waals surface area contributed by atoms with Crippen molar-refractivity contribution < 1.29 is 19.1 Å². The molecule has 36 heavy (non-hydrogen) atoms. The zero-order valence-corrected chi connectivity index (χ0v) is 20.0. The highest BCUT2D eigenvalue weighted by Crippen LogP contribution is 2.37. The van der Waals surface area contributed by atoms with Crippen molar-refractivity contribution in [2.45, 2.75) is 38.3 Å². The Labute approximate surface area is 207 Å². The van der Waals surface area contributed by atoms with Crippen molar-refractivity contribution in [1.29, 1.82) is 0 Å². The molecule has 184 valence electrons. The third kappa shape index (κ3) is 3.92. The van der Waals surface area contributed by atoms with Gasteiger partial charge in [-0.2, -0.15) is 0 Å². The Morgan fingerprint density at radius 2 is 1.86 bits per heavy atom. The number of aromatic nitrogens is 4. The summed E-state index contributed by atoms with van der Waals surface area (Å²) in [5.41, 5.74) is 2.58. The molecule has 3 aliphatic rings. The first kappa shape index (κ1) is 22.4. The van der Waals surface area contributed by atoms with Gasteiger partial charge in [-0.25, -0.2) is 4.98 Å². The van der Waals surface area contributed by atoms with Gasteiger partial charge in [-0.15, -0.1) is 10.2 Å². The first-order valence-electron chi connectivity index (χ1n) is 12.2. The van der Waals surface area contributed by atoms with Crippen LogP contribution in [0.1, 0.15) is 58.0 Å². The molecule has 10 nitrogen and oxygen atoms in total. The summed E-state index contributed by atoms with van der Waals surface area (Å²) in [5.74, 6) is 0.627.